The molecule has 0 bridgehead atoms. The molecule has 1 spiro atoms. The van der Waals surface area contributed by atoms with Crippen LogP contribution in [0, 0.1) is 13.8 Å². The van der Waals surface area contributed by atoms with Crippen LogP contribution in [0.4, 0.5) is 5.69 Å². The monoisotopic (exact) mass is 518 g/mol. The van der Waals surface area contributed by atoms with E-state index in [1.54, 1.807) is 14.2 Å². The topological polar surface area (TPSA) is 42.0 Å². The average molecular weight is 519 g/mol. The van der Waals surface area contributed by atoms with Gasteiger partial charge in [-0.1, -0.05) is 77.9 Å². The Labute approximate surface area is 230 Å². The summed E-state index contributed by atoms with van der Waals surface area (Å²) in [5.41, 5.74) is 7.81. The molecule has 39 heavy (non-hydrogen) atoms. The van der Waals surface area contributed by atoms with Crippen LogP contribution in [0.1, 0.15) is 38.9 Å². The molecular weight excluding hydrogens is 484 g/mol. The molecule has 0 radical (unpaired) electrons. The molecule has 0 aliphatic carbocycles. The Kier molecular flexibility index (Phi) is 6.40. The van der Waals surface area contributed by atoms with E-state index in [1.165, 1.54) is 16.7 Å². The predicted molar refractivity (Wildman–Crippen MR) is 154 cm³/mol. The molecule has 2 aliphatic heterocycles. The number of carbonyl (C=O) groups excluding carboxylic acids is 1. The van der Waals surface area contributed by atoms with Crippen molar-refractivity contribution in [2.24, 2.45) is 0 Å². The summed E-state index contributed by atoms with van der Waals surface area (Å²) in [6.45, 7) is 6.10. The summed E-state index contributed by atoms with van der Waals surface area (Å²) < 4.78 is 11.4. The van der Waals surface area contributed by atoms with Crippen LogP contribution < -0.4 is 14.4 Å². The number of ether oxygens (including phenoxy) is 2. The Morgan fingerprint density at radius 2 is 1.33 bits per heavy atom. The van der Waals surface area contributed by atoms with Crippen LogP contribution in [-0.4, -0.2) is 31.6 Å². The molecule has 0 saturated heterocycles. The highest BCUT2D eigenvalue weighted by atomic mass is 16.5. The quantitative estimate of drug-likeness (QED) is 0.306. The minimum atomic E-state index is -0.973. The molecule has 0 saturated carbocycles. The predicted octanol–water partition coefficient (Wildman–Crippen LogP) is 6.17. The fraction of sp³-hybridized carbons (Fsp3) is 0.265. The summed E-state index contributed by atoms with van der Waals surface area (Å²) >= 11 is 0. The summed E-state index contributed by atoms with van der Waals surface area (Å²) in [6.07, 6.45) is 0.816. The van der Waals surface area contributed by atoms with E-state index in [9.17, 15) is 4.79 Å². The van der Waals surface area contributed by atoms with Gasteiger partial charge >= 0.3 is 0 Å². The second kappa shape index (κ2) is 9.90. The van der Waals surface area contributed by atoms with Crippen molar-refractivity contribution in [2.45, 2.75) is 38.9 Å². The second-order valence-electron chi connectivity index (χ2n) is 10.6. The molecule has 0 N–H and O–H groups in total. The smallest absolute Gasteiger partial charge is 0.257 e. The molecule has 6 rings (SSSR count). The van der Waals surface area contributed by atoms with E-state index in [1.807, 2.05) is 23.1 Å². The molecule has 5 nitrogen and oxygen atoms in total. The molecule has 2 heterocycles. The number of nitrogens with zero attached hydrogens (tertiary/aromatic N) is 2. The van der Waals surface area contributed by atoms with Crippen LogP contribution in [0.15, 0.2) is 84.9 Å². The first-order valence-electron chi connectivity index (χ1n) is 13.5. The number of anilines is 1. The van der Waals surface area contributed by atoms with Crippen molar-refractivity contribution in [2.75, 3.05) is 25.7 Å². The highest BCUT2D eigenvalue weighted by Gasteiger charge is 2.58. The summed E-state index contributed by atoms with van der Waals surface area (Å²) in [6, 6.07) is 29.4. The Morgan fingerprint density at radius 1 is 0.744 bits per heavy atom. The minimum absolute atomic E-state index is 0.0737. The highest BCUT2D eigenvalue weighted by Crippen LogP contribution is 2.53. The van der Waals surface area contributed by atoms with Crippen molar-refractivity contribution in [3.8, 4) is 11.5 Å². The van der Waals surface area contributed by atoms with Gasteiger partial charge in [0.15, 0.2) is 17.0 Å². The van der Waals surface area contributed by atoms with Crippen LogP contribution in [0.5, 0.6) is 11.5 Å². The first kappa shape index (κ1) is 25.2. The SMILES string of the molecule is COc1cc2c(cc1OC)C1(C(=O)N(Cc3ccc(C)cc3)c3ccccc31)N(Cc1ccc(C)cc1)CC2. The number of hydrogen-bond donors (Lipinski definition) is 0. The lowest BCUT2D eigenvalue weighted by atomic mass is 9.75. The Balaban J connectivity index is 1.56. The van der Waals surface area contributed by atoms with Gasteiger partial charge in [0, 0.05) is 18.7 Å². The molecule has 0 fully saturated rings. The number of rotatable bonds is 6. The zero-order chi connectivity index (χ0) is 27.1. The van der Waals surface area contributed by atoms with Crippen molar-refractivity contribution >= 4 is 11.6 Å². The van der Waals surface area contributed by atoms with E-state index in [4.69, 9.17) is 9.47 Å². The maximum absolute atomic E-state index is 15.0. The van der Waals surface area contributed by atoms with Gasteiger partial charge in [0.1, 0.15) is 0 Å². The van der Waals surface area contributed by atoms with Crippen LogP contribution in [0.3, 0.4) is 0 Å². The molecule has 1 atom stereocenters. The van der Waals surface area contributed by atoms with Gasteiger partial charge < -0.3 is 14.4 Å². The van der Waals surface area contributed by atoms with E-state index in [2.05, 4.69) is 85.5 Å². The van der Waals surface area contributed by atoms with Crippen molar-refractivity contribution < 1.29 is 14.3 Å². The molecule has 5 heteroatoms. The lowest BCUT2D eigenvalue weighted by molar-refractivity contribution is -0.128. The van der Waals surface area contributed by atoms with Crippen molar-refractivity contribution in [1.29, 1.82) is 0 Å². The van der Waals surface area contributed by atoms with Gasteiger partial charge in [-0.25, -0.2) is 0 Å². The Bertz CT molecular complexity index is 1530. The molecule has 0 aromatic heterocycles. The van der Waals surface area contributed by atoms with E-state index in [0.717, 1.165) is 40.9 Å². The Hall–Kier alpha value is -4.09. The van der Waals surface area contributed by atoms with Gasteiger partial charge in [-0.3, -0.25) is 9.69 Å². The van der Waals surface area contributed by atoms with Gasteiger partial charge in [-0.15, -0.1) is 0 Å². The van der Waals surface area contributed by atoms with Crippen molar-refractivity contribution in [1.82, 2.24) is 4.90 Å². The van der Waals surface area contributed by atoms with Gasteiger partial charge in [0.25, 0.3) is 5.91 Å². The molecule has 4 aromatic carbocycles. The third-order valence-electron chi connectivity index (χ3n) is 8.22. The lowest BCUT2D eigenvalue weighted by Crippen LogP contribution is -2.56. The van der Waals surface area contributed by atoms with Crippen LogP contribution in [0.2, 0.25) is 0 Å². The van der Waals surface area contributed by atoms with E-state index >= 15 is 0 Å². The summed E-state index contributed by atoms with van der Waals surface area (Å²) in [7, 11) is 3.31. The summed E-state index contributed by atoms with van der Waals surface area (Å²) in [5.74, 6) is 1.40. The first-order chi connectivity index (χ1) is 18.9. The maximum Gasteiger partial charge on any atom is 0.257 e. The first-order valence-corrected chi connectivity index (χ1v) is 13.5. The molecule has 198 valence electrons. The number of carbonyl (C=O) groups is 1. The summed E-state index contributed by atoms with van der Waals surface area (Å²) in [5, 5.41) is 0. The van der Waals surface area contributed by atoms with Gasteiger partial charge in [0.2, 0.25) is 0 Å². The van der Waals surface area contributed by atoms with Gasteiger partial charge in [0.05, 0.1) is 26.5 Å². The molecule has 4 aromatic rings. The van der Waals surface area contributed by atoms with Crippen LogP contribution in [0.25, 0.3) is 0 Å². The third-order valence-corrected chi connectivity index (χ3v) is 8.22. The average Bonchev–Trinajstić information content (AvgIpc) is 3.20. The van der Waals surface area contributed by atoms with E-state index in [0.29, 0.717) is 24.6 Å². The van der Waals surface area contributed by atoms with Crippen LogP contribution >= 0.6 is 0 Å². The van der Waals surface area contributed by atoms with E-state index in [-0.39, 0.29) is 5.91 Å². The highest BCUT2D eigenvalue weighted by molar-refractivity contribution is 6.10. The van der Waals surface area contributed by atoms with Crippen molar-refractivity contribution in [3.63, 3.8) is 0 Å². The summed E-state index contributed by atoms with van der Waals surface area (Å²) in [4.78, 5) is 19.3. The fourth-order valence-corrected chi connectivity index (χ4v) is 6.20. The number of aryl methyl sites for hydroxylation is 2. The number of benzene rings is 4. The minimum Gasteiger partial charge on any atom is -0.493 e. The lowest BCUT2D eigenvalue weighted by Gasteiger charge is -2.45. The normalized spacial score (nSPS) is 18.3. The third kappa shape index (κ3) is 4.09. The number of hydrogen-bond acceptors (Lipinski definition) is 4. The fourth-order valence-electron chi connectivity index (χ4n) is 6.20. The van der Waals surface area contributed by atoms with Gasteiger partial charge in [-0.05, 0) is 60.7 Å². The molecule has 1 unspecified atom stereocenters. The Morgan fingerprint density at radius 3 is 1.97 bits per heavy atom. The number of para-hydroxylation sites is 1. The van der Waals surface area contributed by atoms with Crippen molar-refractivity contribution in [3.05, 3.63) is 124 Å². The number of methoxy groups -OCH3 is 2. The number of amides is 1. The van der Waals surface area contributed by atoms with E-state index < -0.39 is 5.54 Å². The second-order valence-corrected chi connectivity index (χ2v) is 10.6. The zero-order valence-electron chi connectivity index (χ0n) is 23.0. The van der Waals surface area contributed by atoms with Gasteiger partial charge in [-0.2, -0.15) is 0 Å². The molecule has 1 amide bonds. The molecular formula is C34H34N2O3. The van der Waals surface area contributed by atoms with Crippen LogP contribution in [-0.2, 0) is 29.8 Å². The largest absolute Gasteiger partial charge is 0.493 e. The molecule has 2 aliphatic rings. The number of fused-ring (bicyclic) bond motifs is 4. The standard InChI is InChI=1S/C34H34N2O3/c1-23-9-13-25(14-10-23)21-35-18-17-27-19-31(38-3)32(39-4)20-29(27)34(35)28-7-5-6-8-30(28)36(33(34)37)22-26-15-11-24(2)12-16-26/h5-16,19-20H,17-18,21-22H2,1-4H3. The maximum atomic E-state index is 15.0. The zero-order valence-corrected chi connectivity index (χ0v) is 23.0.